The Kier molecular flexibility index (Phi) is 3.34. The van der Waals surface area contributed by atoms with Gasteiger partial charge in [0.15, 0.2) is 0 Å². The maximum absolute atomic E-state index is 13.4. The zero-order valence-corrected chi connectivity index (χ0v) is 8.75. The molecule has 2 rings (SSSR count). The average molecular weight is 208 g/mol. The van der Waals surface area contributed by atoms with Crippen molar-refractivity contribution < 1.29 is 4.39 Å². The Bertz CT molecular complexity index is 323. The predicted molar refractivity (Wildman–Crippen MR) is 58.6 cm³/mol. The average Bonchev–Trinajstić information content (AvgIpc) is 3.04. The van der Waals surface area contributed by atoms with Gasteiger partial charge in [-0.1, -0.05) is 31.0 Å². The molecule has 1 fully saturated rings. The normalized spacial score (nSPS) is 17.7. The summed E-state index contributed by atoms with van der Waals surface area (Å²) in [6.07, 6.45) is 4.34. The fourth-order valence-corrected chi connectivity index (χ4v) is 1.90. The lowest BCUT2D eigenvalue weighted by atomic mass is 10.0. The molecule has 0 heterocycles. The Morgan fingerprint density at radius 1 is 1.40 bits per heavy atom. The first-order valence-corrected chi connectivity index (χ1v) is 5.49. The van der Waals surface area contributed by atoms with Crippen LogP contribution in [0.15, 0.2) is 24.3 Å². The number of nitrogens with two attached hydrogens (primary N) is 1. The third kappa shape index (κ3) is 3.01. The summed E-state index contributed by atoms with van der Waals surface area (Å²) in [5.41, 5.74) is 3.53. The van der Waals surface area contributed by atoms with Crippen molar-refractivity contribution in [3.8, 4) is 0 Å². The molecule has 0 radical (unpaired) electrons. The van der Waals surface area contributed by atoms with E-state index in [1.807, 2.05) is 12.1 Å². The van der Waals surface area contributed by atoms with Gasteiger partial charge in [0, 0.05) is 6.04 Å². The molecule has 1 atom stereocenters. The number of nitrogens with one attached hydrogen (secondary N) is 1. The largest absolute Gasteiger partial charge is 0.271 e. The minimum atomic E-state index is -0.131. The van der Waals surface area contributed by atoms with E-state index in [0.29, 0.717) is 6.42 Å². The quantitative estimate of drug-likeness (QED) is 0.573. The molecule has 1 unspecified atom stereocenters. The maximum Gasteiger partial charge on any atom is 0.126 e. The molecule has 1 aromatic carbocycles. The lowest BCUT2D eigenvalue weighted by molar-refractivity contribution is 0.457. The van der Waals surface area contributed by atoms with Gasteiger partial charge in [-0.05, 0) is 30.4 Å². The van der Waals surface area contributed by atoms with Gasteiger partial charge in [-0.2, -0.15) is 0 Å². The smallest absolute Gasteiger partial charge is 0.126 e. The second-order valence-electron chi connectivity index (χ2n) is 4.34. The van der Waals surface area contributed by atoms with Crippen LogP contribution in [0.4, 0.5) is 4.39 Å². The number of benzene rings is 1. The molecule has 0 amide bonds. The van der Waals surface area contributed by atoms with E-state index in [0.717, 1.165) is 17.9 Å². The monoisotopic (exact) mass is 208 g/mol. The predicted octanol–water partition coefficient (Wildman–Crippen LogP) is 2.00. The summed E-state index contributed by atoms with van der Waals surface area (Å²) in [7, 11) is 0. The molecule has 1 aliphatic carbocycles. The van der Waals surface area contributed by atoms with Crippen LogP contribution in [-0.2, 0) is 6.42 Å². The molecule has 2 nitrogen and oxygen atoms in total. The van der Waals surface area contributed by atoms with Crippen LogP contribution in [0, 0.1) is 11.7 Å². The highest BCUT2D eigenvalue weighted by atomic mass is 19.1. The van der Waals surface area contributed by atoms with Crippen LogP contribution in [0.25, 0.3) is 0 Å². The first-order chi connectivity index (χ1) is 7.29. The van der Waals surface area contributed by atoms with Crippen LogP contribution < -0.4 is 11.3 Å². The third-order valence-electron chi connectivity index (χ3n) is 2.97. The van der Waals surface area contributed by atoms with Crippen molar-refractivity contribution >= 4 is 0 Å². The number of hydrogen-bond acceptors (Lipinski definition) is 2. The van der Waals surface area contributed by atoms with E-state index >= 15 is 0 Å². The van der Waals surface area contributed by atoms with Crippen LogP contribution in [-0.4, -0.2) is 6.04 Å². The van der Waals surface area contributed by atoms with E-state index in [9.17, 15) is 4.39 Å². The number of rotatable bonds is 5. The molecule has 1 aromatic rings. The Balaban J connectivity index is 1.95. The van der Waals surface area contributed by atoms with Crippen LogP contribution >= 0.6 is 0 Å². The summed E-state index contributed by atoms with van der Waals surface area (Å²) in [6.45, 7) is 0. The van der Waals surface area contributed by atoms with Crippen LogP contribution in [0.2, 0.25) is 0 Å². The molecule has 0 spiro atoms. The van der Waals surface area contributed by atoms with Gasteiger partial charge in [-0.15, -0.1) is 0 Å². The lowest BCUT2D eigenvalue weighted by Gasteiger charge is -2.15. The summed E-state index contributed by atoms with van der Waals surface area (Å²) in [4.78, 5) is 0. The molecule has 0 saturated heterocycles. The zero-order valence-electron chi connectivity index (χ0n) is 8.75. The summed E-state index contributed by atoms with van der Waals surface area (Å²) in [5, 5.41) is 0. The minimum Gasteiger partial charge on any atom is -0.271 e. The summed E-state index contributed by atoms with van der Waals surface area (Å²) in [5.74, 6) is 6.15. The highest BCUT2D eigenvalue weighted by Gasteiger charge is 2.25. The van der Waals surface area contributed by atoms with Gasteiger partial charge in [0.2, 0.25) is 0 Å². The van der Waals surface area contributed by atoms with Gasteiger partial charge in [-0.25, -0.2) is 4.39 Å². The molecule has 0 aliphatic heterocycles. The second kappa shape index (κ2) is 4.73. The van der Waals surface area contributed by atoms with Crippen LogP contribution in [0.1, 0.15) is 24.8 Å². The van der Waals surface area contributed by atoms with Gasteiger partial charge in [0.25, 0.3) is 0 Å². The molecular weight excluding hydrogens is 191 g/mol. The summed E-state index contributed by atoms with van der Waals surface area (Å²) >= 11 is 0. The number of hydrazine groups is 1. The molecule has 82 valence electrons. The van der Waals surface area contributed by atoms with E-state index < -0.39 is 0 Å². The Morgan fingerprint density at radius 3 is 2.73 bits per heavy atom. The highest BCUT2D eigenvalue weighted by molar-refractivity contribution is 5.18. The fourth-order valence-electron chi connectivity index (χ4n) is 1.90. The van der Waals surface area contributed by atoms with E-state index in [-0.39, 0.29) is 11.9 Å². The molecule has 0 aromatic heterocycles. The van der Waals surface area contributed by atoms with Crippen molar-refractivity contribution in [3.63, 3.8) is 0 Å². The zero-order chi connectivity index (χ0) is 10.7. The van der Waals surface area contributed by atoms with Crippen molar-refractivity contribution in [2.24, 2.45) is 11.8 Å². The van der Waals surface area contributed by atoms with E-state index in [4.69, 9.17) is 5.84 Å². The Labute approximate surface area is 89.6 Å². The van der Waals surface area contributed by atoms with Crippen molar-refractivity contribution in [3.05, 3.63) is 35.6 Å². The van der Waals surface area contributed by atoms with Crippen molar-refractivity contribution in [2.75, 3.05) is 0 Å². The van der Waals surface area contributed by atoms with Gasteiger partial charge < -0.3 is 0 Å². The summed E-state index contributed by atoms with van der Waals surface area (Å²) in [6, 6.07) is 7.11. The molecular formula is C12H17FN2. The molecule has 1 saturated carbocycles. The lowest BCUT2D eigenvalue weighted by Crippen LogP contribution is -2.37. The topological polar surface area (TPSA) is 38.0 Å². The van der Waals surface area contributed by atoms with E-state index in [1.54, 1.807) is 6.07 Å². The van der Waals surface area contributed by atoms with E-state index in [1.165, 1.54) is 18.9 Å². The maximum atomic E-state index is 13.4. The van der Waals surface area contributed by atoms with Gasteiger partial charge in [0.1, 0.15) is 5.82 Å². The van der Waals surface area contributed by atoms with Crippen molar-refractivity contribution in [1.29, 1.82) is 0 Å². The van der Waals surface area contributed by atoms with Crippen LogP contribution in [0.3, 0.4) is 0 Å². The molecule has 0 bridgehead atoms. The van der Waals surface area contributed by atoms with Crippen molar-refractivity contribution in [1.82, 2.24) is 5.43 Å². The first kappa shape index (κ1) is 10.6. The molecule has 3 N–H and O–H groups in total. The van der Waals surface area contributed by atoms with E-state index in [2.05, 4.69) is 5.43 Å². The number of halogens is 1. The highest BCUT2D eigenvalue weighted by Crippen LogP contribution is 2.34. The molecule has 3 heteroatoms. The van der Waals surface area contributed by atoms with Gasteiger partial charge in [-0.3, -0.25) is 11.3 Å². The first-order valence-electron chi connectivity index (χ1n) is 5.49. The Morgan fingerprint density at radius 2 is 2.13 bits per heavy atom. The molecule has 15 heavy (non-hydrogen) atoms. The Hall–Kier alpha value is -0.930. The second-order valence-corrected chi connectivity index (χ2v) is 4.34. The summed E-state index contributed by atoms with van der Waals surface area (Å²) < 4.78 is 13.4. The molecule has 1 aliphatic rings. The fraction of sp³-hybridized carbons (Fsp3) is 0.500. The van der Waals surface area contributed by atoms with Crippen LogP contribution in [0.5, 0.6) is 0 Å². The van der Waals surface area contributed by atoms with Gasteiger partial charge >= 0.3 is 0 Å². The SMILES string of the molecule is NNC(Cc1ccccc1F)CC1CC1. The third-order valence-corrected chi connectivity index (χ3v) is 2.97. The van der Waals surface area contributed by atoms with Crippen molar-refractivity contribution in [2.45, 2.75) is 31.7 Å². The van der Waals surface area contributed by atoms with Gasteiger partial charge in [0.05, 0.1) is 0 Å². The number of hydrogen-bond donors (Lipinski definition) is 2. The minimum absolute atomic E-state index is 0.131. The standard InChI is InChI=1S/C12H17FN2/c13-12-4-2-1-3-10(12)8-11(15-14)7-9-5-6-9/h1-4,9,11,15H,5-8,14H2.